The molecule has 0 fully saturated rings. The zero-order valence-corrected chi connectivity index (χ0v) is 18.7. The van der Waals surface area contributed by atoms with Gasteiger partial charge in [-0.05, 0) is 42.3 Å². The number of nitro groups is 1. The second kappa shape index (κ2) is 9.99. The van der Waals surface area contributed by atoms with Gasteiger partial charge in [-0.25, -0.2) is 4.68 Å². The van der Waals surface area contributed by atoms with Crippen LogP contribution in [0.1, 0.15) is 21.5 Å². The van der Waals surface area contributed by atoms with E-state index >= 15 is 0 Å². The predicted octanol–water partition coefficient (Wildman–Crippen LogP) is 3.38. The van der Waals surface area contributed by atoms with E-state index in [0.717, 1.165) is 16.6 Å². The number of benzene rings is 3. The van der Waals surface area contributed by atoms with Gasteiger partial charge in [0.05, 0.1) is 37.3 Å². The van der Waals surface area contributed by atoms with Crippen molar-refractivity contribution in [2.75, 3.05) is 20.8 Å². The first-order valence-corrected chi connectivity index (χ1v) is 10.5. The number of ether oxygens (including phenoxy) is 2. The highest BCUT2D eigenvalue weighted by molar-refractivity contribution is 5.94. The summed E-state index contributed by atoms with van der Waals surface area (Å²) < 4.78 is 12.2. The largest absolute Gasteiger partial charge is 0.493 e. The van der Waals surface area contributed by atoms with Crippen LogP contribution in [0.25, 0.3) is 11.0 Å². The second-order valence-electron chi connectivity index (χ2n) is 7.53. The lowest BCUT2D eigenvalue weighted by atomic mass is 10.1. The molecule has 0 aliphatic heterocycles. The summed E-state index contributed by atoms with van der Waals surface area (Å²) in [5, 5.41) is 22.6. The Kier molecular flexibility index (Phi) is 6.67. The molecule has 1 aromatic heterocycles. The zero-order valence-electron chi connectivity index (χ0n) is 18.7. The molecular weight excluding hydrogens is 438 g/mol. The molecule has 0 aliphatic carbocycles. The maximum absolute atomic E-state index is 12.6. The number of carbonyl (C=O) groups excluding carboxylic acids is 1. The number of nitro benzene ring substituents is 1. The summed E-state index contributed by atoms with van der Waals surface area (Å²) in [6.07, 6.45) is 0.264. The van der Waals surface area contributed by atoms with E-state index in [0.29, 0.717) is 23.4 Å². The van der Waals surface area contributed by atoms with E-state index < -0.39 is 4.92 Å². The number of nitrogens with one attached hydrogen (secondary N) is 1. The van der Waals surface area contributed by atoms with E-state index in [4.69, 9.17) is 9.47 Å². The minimum Gasteiger partial charge on any atom is -0.493 e. The molecule has 1 N–H and O–H groups in total. The average molecular weight is 461 g/mol. The molecule has 0 saturated heterocycles. The predicted molar refractivity (Wildman–Crippen MR) is 125 cm³/mol. The van der Waals surface area contributed by atoms with Crippen molar-refractivity contribution in [2.45, 2.75) is 13.0 Å². The fraction of sp³-hybridized carbons (Fsp3) is 0.208. The summed E-state index contributed by atoms with van der Waals surface area (Å²) in [6.45, 7) is 0.757. The molecular formula is C24H23N5O5. The van der Waals surface area contributed by atoms with E-state index in [2.05, 4.69) is 15.6 Å². The molecule has 0 aliphatic rings. The Hall–Kier alpha value is -4.47. The van der Waals surface area contributed by atoms with E-state index in [1.165, 1.54) is 20.3 Å². The first kappa shape index (κ1) is 22.7. The number of fused-ring (bicyclic) bond motifs is 1. The molecule has 0 saturated carbocycles. The molecule has 0 spiro atoms. The molecule has 10 heteroatoms. The van der Waals surface area contributed by atoms with E-state index in [1.54, 1.807) is 22.9 Å². The second-order valence-corrected chi connectivity index (χ2v) is 7.53. The van der Waals surface area contributed by atoms with Crippen LogP contribution >= 0.6 is 0 Å². The van der Waals surface area contributed by atoms with Crippen molar-refractivity contribution in [3.8, 4) is 11.5 Å². The Morgan fingerprint density at radius 1 is 1.06 bits per heavy atom. The van der Waals surface area contributed by atoms with Crippen LogP contribution in [0.15, 0.2) is 60.7 Å². The van der Waals surface area contributed by atoms with E-state index in [-0.39, 0.29) is 30.3 Å². The number of amides is 1. The average Bonchev–Trinajstić information content (AvgIpc) is 3.26. The van der Waals surface area contributed by atoms with Crippen molar-refractivity contribution in [1.82, 2.24) is 20.3 Å². The highest BCUT2D eigenvalue weighted by Gasteiger charge is 2.19. The van der Waals surface area contributed by atoms with Crippen molar-refractivity contribution in [3.63, 3.8) is 0 Å². The number of nitrogens with zero attached hydrogens (tertiary/aromatic N) is 4. The van der Waals surface area contributed by atoms with Gasteiger partial charge in [0.1, 0.15) is 5.52 Å². The van der Waals surface area contributed by atoms with Gasteiger partial charge in [-0.1, -0.05) is 29.5 Å². The topological polar surface area (TPSA) is 121 Å². The van der Waals surface area contributed by atoms with Gasteiger partial charge in [0, 0.05) is 17.7 Å². The van der Waals surface area contributed by atoms with Crippen LogP contribution in [0.3, 0.4) is 0 Å². The molecule has 0 unspecified atom stereocenters. The fourth-order valence-electron chi connectivity index (χ4n) is 3.66. The third-order valence-electron chi connectivity index (χ3n) is 5.43. The maximum Gasteiger partial charge on any atom is 0.276 e. The van der Waals surface area contributed by atoms with Crippen molar-refractivity contribution >= 4 is 22.6 Å². The number of methoxy groups -OCH3 is 2. The monoisotopic (exact) mass is 461 g/mol. The first-order chi connectivity index (χ1) is 16.5. The van der Waals surface area contributed by atoms with Crippen molar-refractivity contribution in [3.05, 3.63) is 87.5 Å². The van der Waals surface area contributed by atoms with Crippen LogP contribution in [0.5, 0.6) is 11.5 Å². The third-order valence-corrected chi connectivity index (χ3v) is 5.43. The molecule has 34 heavy (non-hydrogen) atoms. The van der Waals surface area contributed by atoms with Crippen molar-refractivity contribution in [1.29, 1.82) is 0 Å². The summed E-state index contributed by atoms with van der Waals surface area (Å²) in [4.78, 5) is 23.5. The minimum absolute atomic E-state index is 0.0862. The molecule has 0 bridgehead atoms. The molecule has 3 aromatic carbocycles. The van der Waals surface area contributed by atoms with E-state index in [9.17, 15) is 14.9 Å². The van der Waals surface area contributed by atoms with Gasteiger partial charge in [-0.2, -0.15) is 0 Å². The Morgan fingerprint density at radius 3 is 2.47 bits per heavy atom. The highest BCUT2D eigenvalue weighted by atomic mass is 16.6. The Morgan fingerprint density at radius 2 is 1.76 bits per heavy atom. The molecule has 0 radical (unpaired) electrons. The van der Waals surface area contributed by atoms with Gasteiger partial charge in [-0.3, -0.25) is 14.9 Å². The molecule has 174 valence electrons. The highest BCUT2D eigenvalue weighted by Crippen LogP contribution is 2.34. The normalized spacial score (nSPS) is 10.8. The fourth-order valence-corrected chi connectivity index (χ4v) is 3.66. The third kappa shape index (κ3) is 4.80. The maximum atomic E-state index is 12.6. The van der Waals surface area contributed by atoms with Gasteiger partial charge in [0.25, 0.3) is 11.6 Å². The van der Waals surface area contributed by atoms with Gasteiger partial charge >= 0.3 is 0 Å². The Balaban J connectivity index is 1.39. The molecule has 10 nitrogen and oxygen atoms in total. The van der Waals surface area contributed by atoms with Crippen molar-refractivity contribution < 1.29 is 19.2 Å². The number of hydrogen-bond donors (Lipinski definition) is 1. The van der Waals surface area contributed by atoms with Crippen LogP contribution in [0.2, 0.25) is 0 Å². The van der Waals surface area contributed by atoms with Crippen molar-refractivity contribution in [2.24, 2.45) is 0 Å². The smallest absolute Gasteiger partial charge is 0.276 e. The van der Waals surface area contributed by atoms with Gasteiger partial charge in [0.2, 0.25) is 0 Å². The number of carbonyl (C=O) groups is 1. The molecule has 4 aromatic rings. The summed E-state index contributed by atoms with van der Waals surface area (Å²) in [6, 6.07) is 17.8. The summed E-state index contributed by atoms with van der Waals surface area (Å²) >= 11 is 0. The zero-order chi connectivity index (χ0) is 24.1. The number of para-hydroxylation sites is 1. The lowest BCUT2D eigenvalue weighted by Crippen LogP contribution is -2.25. The minimum atomic E-state index is -0.476. The van der Waals surface area contributed by atoms with Crippen LogP contribution in [-0.4, -0.2) is 46.6 Å². The van der Waals surface area contributed by atoms with Crippen LogP contribution in [-0.2, 0) is 13.0 Å². The molecule has 1 heterocycles. The standard InChI is InChI=1S/C24H23N5O5/c1-33-22-13-18(21(29(31)32)14-23(22)34-2)11-12-25-24(30)17-9-7-16(8-10-17)15-28-20-6-4-3-5-19(20)26-27-28/h3-10,13-14H,11-12,15H2,1-2H3,(H,25,30). The Bertz CT molecular complexity index is 1330. The number of aromatic nitrogens is 3. The molecule has 4 rings (SSSR count). The Labute approximate surface area is 195 Å². The van der Waals surface area contributed by atoms with Crippen LogP contribution in [0, 0.1) is 10.1 Å². The van der Waals surface area contributed by atoms with Crippen LogP contribution in [0.4, 0.5) is 5.69 Å². The molecule has 1 amide bonds. The summed E-state index contributed by atoms with van der Waals surface area (Å²) in [7, 11) is 2.88. The molecule has 0 atom stereocenters. The number of hydrogen-bond acceptors (Lipinski definition) is 7. The summed E-state index contributed by atoms with van der Waals surface area (Å²) in [5.41, 5.74) is 3.60. The lowest BCUT2D eigenvalue weighted by Gasteiger charge is -2.11. The van der Waals surface area contributed by atoms with Gasteiger partial charge < -0.3 is 14.8 Å². The SMILES string of the molecule is COc1cc(CCNC(=O)c2ccc(Cn3nnc4ccccc43)cc2)c([N+](=O)[O-])cc1OC. The van der Waals surface area contributed by atoms with Gasteiger partial charge in [0.15, 0.2) is 11.5 Å². The first-order valence-electron chi connectivity index (χ1n) is 10.5. The summed E-state index contributed by atoms with van der Waals surface area (Å²) in [5.74, 6) is 0.409. The lowest BCUT2D eigenvalue weighted by molar-refractivity contribution is -0.385. The number of rotatable bonds is 9. The van der Waals surface area contributed by atoms with Crippen LogP contribution < -0.4 is 14.8 Å². The van der Waals surface area contributed by atoms with E-state index in [1.807, 2.05) is 36.4 Å². The quantitative estimate of drug-likeness (QED) is 0.300. The van der Waals surface area contributed by atoms with Gasteiger partial charge in [-0.15, -0.1) is 5.10 Å².